The highest BCUT2D eigenvalue weighted by molar-refractivity contribution is 5.67. The minimum atomic E-state index is -0.825. The van der Waals surface area contributed by atoms with Crippen molar-refractivity contribution in [3.8, 4) is 0 Å². The Morgan fingerprint density at radius 3 is 1.61 bits per heavy atom. The van der Waals surface area contributed by atoms with Crippen LogP contribution in [0.25, 0.3) is 0 Å². The summed E-state index contributed by atoms with van der Waals surface area (Å²) in [6.45, 7) is 16.1. The normalized spacial score (nSPS) is 10.3. The molecule has 1 amide bonds. The van der Waals surface area contributed by atoms with Crippen molar-refractivity contribution in [2.24, 2.45) is 17.2 Å². The van der Waals surface area contributed by atoms with Crippen LogP contribution in [0.15, 0.2) is 103 Å². The van der Waals surface area contributed by atoms with Gasteiger partial charge in [0.15, 0.2) is 0 Å². The first kappa shape index (κ1) is 74.7. The molecule has 0 saturated carbocycles. The number of nitrogens with zero attached hydrogens (tertiary/aromatic N) is 2. The SMILES string of the molecule is C.CC(C)(C)O.CO.CO.COC(C)(C)C.NCCN(CCN)c1ccc(N)cc1.NCCN(CCNC(=O)OCc1ccccc1)c1ccc(NC[C@@H](O)CNO)cc1F.O.OOCc1ccccc1.[HH].[HH]. The van der Waals surface area contributed by atoms with Crippen LogP contribution >= 0.6 is 0 Å². The maximum atomic E-state index is 14.6. The molecule has 0 radical (unpaired) electrons. The number of alkyl carbamates (subject to hydrolysis) is 1. The van der Waals surface area contributed by atoms with Gasteiger partial charge >= 0.3 is 6.09 Å². The van der Waals surface area contributed by atoms with E-state index < -0.39 is 23.6 Å². The van der Waals surface area contributed by atoms with Gasteiger partial charge in [-0.3, -0.25) is 5.26 Å². The number of carbonyl (C=O) groups is 1. The number of rotatable bonds is 20. The summed E-state index contributed by atoms with van der Waals surface area (Å²) in [5, 5.41) is 54.2. The summed E-state index contributed by atoms with van der Waals surface area (Å²) < 4.78 is 24.7. The molecule has 4 rings (SSSR count). The van der Waals surface area contributed by atoms with Crippen LogP contribution in [0.4, 0.5) is 31.9 Å². The maximum absolute atomic E-state index is 14.6. The zero-order valence-corrected chi connectivity index (χ0v) is 42.8. The number of halogens is 1. The van der Waals surface area contributed by atoms with Crippen LogP contribution in [0.2, 0.25) is 0 Å². The van der Waals surface area contributed by atoms with E-state index in [1.54, 1.807) is 44.9 Å². The molecule has 1 atom stereocenters. The van der Waals surface area contributed by atoms with E-state index in [4.69, 9.17) is 58.2 Å². The highest BCUT2D eigenvalue weighted by Gasteiger charge is 2.14. The fraction of sp³-hybridized carbons (Fsp3) is 0.500. The van der Waals surface area contributed by atoms with Crippen molar-refractivity contribution in [1.82, 2.24) is 10.8 Å². The predicted octanol–water partition coefficient (Wildman–Crippen LogP) is 4.67. The smallest absolute Gasteiger partial charge is 0.407 e. The number of hydroxylamine groups is 1. The van der Waals surface area contributed by atoms with Crippen molar-refractivity contribution in [2.75, 3.05) is 108 Å². The van der Waals surface area contributed by atoms with Gasteiger partial charge in [-0.15, -0.1) is 0 Å². The molecule has 0 aliphatic heterocycles. The Kier molecular flexibility index (Phi) is 49.6. The number of nitrogens with two attached hydrogens (primary N) is 4. The highest BCUT2D eigenvalue weighted by Crippen LogP contribution is 2.23. The lowest BCUT2D eigenvalue weighted by atomic mass is 10.2. The Labute approximate surface area is 425 Å². The molecular weight excluding hydrogens is 922 g/mol. The van der Waals surface area contributed by atoms with E-state index in [9.17, 15) is 14.3 Å². The van der Waals surface area contributed by atoms with E-state index in [1.807, 2.05) is 111 Å². The molecule has 0 aliphatic rings. The minimum absolute atomic E-state index is 0. The second-order valence-corrected chi connectivity index (χ2v) is 16.2. The van der Waals surface area contributed by atoms with E-state index in [0.717, 1.165) is 49.8 Å². The number of benzene rings is 4. The lowest BCUT2D eigenvalue weighted by Gasteiger charge is -2.25. The number of aliphatic hydroxyl groups is 4. The van der Waals surface area contributed by atoms with Gasteiger partial charge in [0.1, 0.15) is 19.0 Å². The molecule has 0 aliphatic carbocycles. The van der Waals surface area contributed by atoms with Crippen LogP contribution < -0.4 is 48.8 Å². The van der Waals surface area contributed by atoms with Gasteiger partial charge in [0.05, 0.1) is 23.0 Å². The third-order valence-corrected chi connectivity index (χ3v) is 8.16. The number of anilines is 4. The predicted molar refractivity (Wildman–Crippen MR) is 291 cm³/mol. The molecule has 20 nitrogen and oxygen atoms in total. The fourth-order valence-corrected chi connectivity index (χ4v) is 4.88. The van der Waals surface area contributed by atoms with Crippen molar-refractivity contribution in [3.63, 3.8) is 0 Å². The van der Waals surface area contributed by atoms with Crippen LogP contribution in [-0.2, 0) is 27.6 Å². The van der Waals surface area contributed by atoms with Crippen molar-refractivity contribution in [2.45, 2.75) is 79.5 Å². The Hall–Kier alpha value is -5.24. The molecule has 414 valence electrons. The number of carbonyl (C=O) groups excluding carboxylic acids is 1. The van der Waals surface area contributed by atoms with E-state index in [2.05, 4.69) is 20.4 Å². The van der Waals surface area contributed by atoms with Gasteiger partial charge in [-0.1, -0.05) is 68.1 Å². The van der Waals surface area contributed by atoms with Gasteiger partial charge in [0.2, 0.25) is 0 Å². The number of methoxy groups -OCH3 is 1. The first-order valence-electron chi connectivity index (χ1n) is 22.3. The van der Waals surface area contributed by atoms with E-state index in [0.29, 0.717) is 44.1 Å². The molecule has 0 unspecified atom stereocenters. The first-order valence-corrected chi connectivity index (χ1v) is 22.3. The summed E-state index contributed by atoms with van der Waals surface area (Å²) in [7, 11) is 3.71. The van der Waals surface area contributed by atoms with Crippen LogP contribution in [0.1, 0.15) is 62.9 Å². The van der Waals surface area contributed by atoms with Gasteiger partial charge in [0.25, 0.3) is 0 Å². The largest absolute Gasteiger partial charge is 0.445 e. The van der Waals surface area contributed by atoms with Crippen molar-refractivity contribution < 1.29 is 62.8 Å². The average Bonchev–Trinajstić information content (AvgIpc) is 3.32. The summed E-state index contributed by atoms with van der Waals surface area (Å²) >= 11 is 0. The van der Waals surface area contributed by atoms with Crippen molar-refractivity contribution in [1.29, 1.82) is 0 Å². The molecule has 71 heavy (non-hydrogen) atoms. The Morgan fingerprint density at radius 1 is 0.746 bits per heavy atom. The van der Waals surface area contributed by atoms with Crippen molar-refractivity contribution >= 4 is 28.8 Å². The summed E-state index contributed by atoms with van der Waals surface area (Å²) in [5.41, 5.74) is 28.3. The average molecular weight is 1020 g/mol. The quantitative estimate of drug-likeness (QED) is 0.0325. The van der Waals surface area contributed by atoms with Crippen LogP contribution in [0.3, 0.4) is 0 Å². The Balaban J connectivity index is -0.000000172. The van der Waals surface area contributed by atoms with Crippen LogP contribution in [0.5, 0.6) is 0 Å². The van der Waals surface area contributed by atoms with Crippen molar-refractivity contribution in [3.05, 3.63) is 120 Å². The summed E-state index contributed by atoms with van der Waals surface area (Å²) in [5.74, 6) is -0.458. The summed E-state index contributed by atoms with van der Waals surface area (Å²) in [6.07, 6.45) is -1.37. The topological polar surface area (TPSA) is 344 Å². The van der Waals surface area contributed by atoms with Gasteiger partial charge in [-0.2, -0.15) is 0 Å². The molecular formula is C50H96FN9O11. The Morgan fingerprint density at radius 2 is 1.20 bits per heavy atom. The van der Waals surface area contributed by atoms with E-state index in [1.165, 1.54) is 6.07 Å². The third-order valence-electron chi connectivity index (χ3n) is 8.16. The zero-order chi connectivity index (χ0) is 53.1. The number of nitrogen functional groups attached to an aromatic ring is 1. The Bertz CT molecular complexity index is 1770. The third kappa shape index (κ3) is 44.4. The molecule has 0 aromatic heterocycles. The number of hydrogen-bond acceptors (Lipinski definition) is 18. The minimum Gasteiger partial charge on any atom is -0.445 e. The molecule has 21 heteroatoms. The van der Waals surface area contributed by atoms with Gasteiger partial charge in [-0.25, -0.2) is 19.6 Å². The lowest BCUT2D eigenvalue weighted by Crippen LogP contribution is -2.38. The fourth-order valence-electron chi connectivity index (χ4n) is 4.88. The maximum Gasteiger partial charge on any atom is 0.407 e. The van der Waals surface area contributed by atoms with Crippen LogP contribution in [0, 0.1) is 5.82 Å². The van der Waals surface area contributed by atoms with Gasteiger partial charge in [-0.05, 0) is 95.1 Å². The molecule has 0 fully saturated rings. The summed E-state index contributed by atoms with van der Waals surface area (Å²) in [4.78, 5) is 19.7. The number of nitrogens with one attached hydrogen (secondary N) is 3. The highest BCUT2D eigenvalue weighted by atomic mass is 19.1. The lowest BCUT2D eigenvalue weighted by molar-refractivity contribution is -0.253. The number of hydrogen-bond donors (Lipinski definition) is 13. The van der Waals surface area contributed by atoms with Gasteiger partial charge in [0, 0.05) is 107 Å². The number of aliphatic hydroxyl groups excluding tert-OH is 3. The standard InChI is InChI=1S/C21H30FN5O4.C10H18N4.C7H8O2.C5H12O.C4H10O.2CH4O.CH4.H2O.2H2/c22-19-12-17(25-13-18(28)14-26-30)6-7-20(19)27(10-8-23)11-9-24-21(29)31-15-16-4-2-1-3-5-16;11-5-7-14(8-6-12)10-3-1-9(13)2-4-10;8-9-6-7-4-2-1-3-5-7;1-5(2,3)6-4;1-4(2,3)5;2*1-2;;;;/h1-7,12,18,25-26,28,30H,8-11,13-15,23H2,(H,24,29);1-4H,5-8,11-13H2;1-5,8H,6H2;1-4H3;5H,1-3H3;2*2H,1H3;1H4;1H2;2*1H/t18-;;;;;;;;;;/m1........../s1. The summed E-state index contributed by atoms with van der Waals surface area (Å²) in [6, 6.07) is 31.2. The second-order valence-electron chi connectivity index (χ2n) is 16.2. The second kappa shape index (κ2) is 47.1. The molecule has 4 aromatic carbocycles. The van der Waals surface area contributed by atoms with Crippen LogP contribution in [-0.4, -0.2) is 147 Å². The zero-order valence-electron chi connectivity index (χ0n) is 42.8. The molecule has 0 heterocycles. The van der Waals surface area contributed by atoms with E-state index >= 15 is 0 Å². The van der Waals surface area contributed by atoms with E-state index in [-0.39, 0.29) is 54.2 Å². The first-order chi connectivity index (χ1) is 32.8. The molecule has 19 N–H and O–H groups in total. The van der Waals surface area contributed by atoms with Gasteiger partial charge < -0.3 is 84.0 Å². The monoisotopic (exact) mass is 1020 g/mol. The number of amides is 1. The molecule has 0 saturated heterocycles. The number of ether oxygens (including phenoxy) is 2. The molecule has 4 aromatic rings. The molecule has 0 spiro atoms. The molecule has 0 bridgehead atoms.